The largest absolute Gasteiger partial charge is 0.399 e. The highest BCUT2D eigenvalue weighted by Gasteiger charge is 2.15. The number of hydrogen-bond donors (Lipinski definition) is 2. The second kappa shape index (κ2) is 9.44. The lowest BCUT2D eigenvalue weighted by Crippen LogP contribution is -2.14. The van der Waals surface area contributed by atoms with Crippen LogP contribution in [0.25, 0.3) is 0 Å². The van der Waals surface area contributed by atoms with Crippen LogP contribution in [0.3, 0.4) is 0 Å². The van der Waals surface area contributed by atoms with Crippen LogP contribution in [0.2, 0.25) is 0 Å². The first kappa shape index (κ1) is 19.3. The van der Waals surface area contributed by atoms with Gasteiger partial charge in [-0.3, -0.25) is 4.79 Å². The Morgan fingerprint density at radius 3 is 2.24 bits per heavy atom. The fraction of sp³-hybridized carbons (Fsp3) is 0.350. The Labute approximate surface area is 155 Å². The summed E-state index contributed by atoms with van der Waals surface area (Å²) in [6, 6.07) is 15.2. The van der Waals surface area contributed by atoms with E-state index in [1.165, 1.54) is 25.7 Å². The quantitative estimate of drug-likeness (QED) is 0.753. The molecule has 1 fully saturated rings. The van der Waals surface area contributed by atoms with Crippen molar-refractivity contribution in [3.8, 4) is 0 Å². The van der Waals surface area contributed by atoms with Crippen LogP contribution >= 0.6 is 12.4 Å². The van der Waals surface area contributed by atoms with Gasteiger partial charge in [-0.25, -0.2) is 0 Å². The lowest BCUT2D eigenvalue weighted by atomic mass is 10.1. The molecule has 1 aliphatic carbocycles. The van der Waals surface area contributed by atoms with Gasteiger partial charge in [0.05, 0.1) is 19.1 Å². The minimum Gasteiger partial charge on any atom is -0.399 e. The van der Waals surface area contributed by atoms with Crippen LogP contribution in [0.5, 0.6) is 0 Å². The molecule has 3 N–H and O–H groups in total. The van der Waals surface area contributed by atoms with E-state index in [2.05, 4.69) is 5.32 Å². The molecule has 1 aliphatic rings. The second-order valence-corrected chi connectivity index (χ2v) is 6.38. The molecule has 25 heavy (non-hydrogen) atoms. The van der Waals surface area contributed by atoms with Crippen LogP contribution in [0.15, 0.2) is 48.5 Å². The summed E-state index contributed by atoms with van der Waals surface area (Å²) in [5, 5.41) is 2.92. The number of hydrogen-bond acceptors (Lipinski definition) is 3. The zero-order valence-corrected chi connectivity index (χ0v) is 15.1. The van der Waals surface area contributed by atoms with Gasteiger partial charge < -0.3 is 15.8 Å². The Kier molecular flexibility index (Phi) is 7.29. The molecule has 1 saturated carbocycles. The maximum atomic E-state index is 12.1. The first-order valence-corrected chi connectivity index (χ1v) is 8.54. The molecule has 0 aromatic heterocycles. The Morgan fingerprint density at radius 2 is 1.60 bits per heavy atom. The summed E-state index contributed by atoms with van der Waals surface area (Å²) in [4.78, 5) is 12.1. The molecule has 134 valence electrons. The van der Waals surface area contributed by atoms with Crippen molar-refractivity contribution in [3.05, 3.63) is 59.7 Å². The molecule has 4 nitrogen and oxygen atoms in total. The number of carbonyl (C=O) groups excluding carboxylic acids is 1. The number of rotatable bonds is 6. The molecule has 0 spiro atoms. The van der Waals surface area contributed by atoms with E-state index in [0.717, 1.165) is 16.8 Å². The number of anilines is 2. The first-order valence-electron chi connectivity index (χ1n) is 8.54. The number of halogens is 1. The Hall–Kier alpha value is -2.04. The van der Waals surface area contributed by atoms with Crippen molar-refractivity contribution in [2.75, 3.05) is 11.1 Å². The van der Waals surface area contributed by atoms with Gasteiger partial charge in [-0.05, 0) is 48.2 Å². The molecule has 0 bridgehead atoms. The van der Waals surface area contributed by atoms with E-state index in [-0.39, 0.29) is 18.3 Å². The fourth-order valence-corrected chi connectivity index (χ4v) is 2.98. The minimum absolute atomic E-state index is 0. The predicted molar refractivity (Wildman–Crippen MR) is 104 cm³/mol. The van der Waals surface area contributed by atoms with Crippen molar-refractivity contribution >= 4 is 29.7 Å². The van der Waals surface area contributed by atoms with Gasteiger partial charge in [0.15, 0.2) is 0 Å². The number of nitrogens with one attached hydrogen (secondary N) is 1. The smallest absolute Gasteiger partial charge is 0.228 e. The summed E-state index contributed by atoms with van der Waals surface area (Å²) in [5.41, 5.74) is 9.24. The maximum Gasteiger partial charge on any atom is 0.228 e. The SMILES string of the molecule is Cl.Nc1ccc(CC(=O)Nc2ccc(COC3CCCC3)cc2)cc1. The van der Waals surface area contributed by atoms with Crippen molar-refractivity contribution in [1.82, 2.24) is 0 Å². The second-order valence-electron chi connectivity index (χ2n) is 6.38. The highest BCUT2D eigenvalue weighted by molar-refractivity contribution is 5.92. The number of carbonyl (C=O) groups is 1. The minimum atomic E-state index is -0.0327. The number of amides is 1. The summed E-state index contributed by atoms with van der Waals surface area (Å²) < 4.78 is 5.90. The lowest BCUT2D eigenvalue weighted by molar-refractivity contribution is -0.115. The van der Waals surface area contributed by atoms with E-state index in [9.17, 15) is 4.79 Å². The average Bonchev–Trinajstić information content (AvgIpc) is 3.10. The standard InChI is InChI=1S/C20H24N2O2.ClH/c21-17-9-5-15(6-10-17)13-20(23)22-18-11-7-16(8-12-18)14-24-19-3-1-2-4-19;/h5-12,19H,1-4,13-14,21H2,(H,22,23);1H. The molecule has 3 rings (SSSR count). The zero-order valence-electron chi connectivity index (χ0n) is 14.2. The highest BCUT2D eigenvalue weighted by atomic mass is 35.5. The van der Waals surface area contributed by atoms with Crippen molar-refractivity contribution in [2.45, 2.75) is 44.8 Å². The summed E-state index contributed by atoms with van der Waals surface area (Å²) in [5.74, 6) is -0.0327. The van der Waals surface area contributed by atoms with E-state index < -0.39 is 0 Å². The Bertz CT molecular complexity index is 665. The molecule has 0 aliphatic heterocycles. The molecule has 0 radical (unpaired) electrons. The Balaban J connectivity index is 0.00000225. The molecule has 2 aromatic rings. The van der Waals surface area contributed by atoms with Gasteiger partial charge in [0, 0.05) is 11.4 Å². The van der Waals surface area contributed by atoms with Crippen LogP contribution in [0.1, 0.15) is 36.8 Å². The third-order valence-electron chi connectivity index (χ3n) is 4.37. The fourth-order valence-electron chi connectivity index (χ4n) is 2.98. The molecule has 0 unspecified atom stereocenters. The van der Waals surface area contributed by atoms with Crippen LogP contribution in [-0.2, 0) is 22.6 Å². The van der Waals surface area contributed by atoms with Crippen LogP contribution < -0.4 is 11.1 Å². The van der Waals surface area contributed by atoms with Crippen molar-refractivity contribution in [3.63, 3.8) is 0 Å². The monoisotopic (exact) mass is 360 g/mol. The molecule has 0 saturated heterocycles. The van der Waals surface area contributed by atoms with Gasteiger partial charge in [-0.1, -0.05) is 37.1 Å². The molecule has 1 amide bonds. The average molecular weight is 361 g/mol. The zero-order chi connectivity index (χ0) is 16.8. The van der Waals surface area contributed by atoms with Crippen LogP contribution in [0.4, 0.5) is 11.4 Å². The summed E-state index contributed by atoms with van der Waals surface area (Å²) >= 11 is 0. The van der Waals surface area contributed by atoms with E-state index in [1.54, 1.807) is 0 Å². The molecular formula is C20H25ClN2O2. The predicted octanol–water partition coefficient (Wildman–Crippen LogP) is 4.33. The highest BCUT2D eigenvalue weighted by Crippen LogP contribution is 2.22. The molecule has 0 atom stereocenters. The van der Waals surface area contributed by atoms with Crippen molar-refractivity contribution < 1.29 is 9.53 Å². The Morgan fingerprint density at radius 1 is 1.00 bits per heavy atom. The number of ether oxygens (including phenoxy) is 1. The van der Waals surface area contributed by atoms with E-state index in [0.29, 0.717) is 24.8 Å². The summed E-state index contributed by atoms with van der Waals surface area (Å²) in [6.07, 6.45) is 5.68. The maximum absolute atomic E-state index is 12.1. The van der Waals surface area contributed by atoms with E-state index in [1.807, 2.05) is 48.5 Å². The van der Waals surface area contributed by atoms with Gasteiger partial charge in [-0.15, -0.1) is 12.4 Å². The third kappa shape index (κ3) is 6.07. The van der Waals surface area contributed by atoms with E-state index in [4.69, 9.17) is 10.5 Å². The number of benzene rings is 2. The number of nitrogens with two attached hydrogens (primary N) is 1. The van der Waals surface area contributed by atoms with Gasteiger partial charge in [0.25, 0.3) is 0 Å². The molecule has 2 aromatic carbocycles. The van der Waals surface area contributed by atoms with Gasteiger partial charge in [-0.2, -0.15) is 0 Å². The van der Waals surface area contributed by atoms with Gasteiger partial charge in [0.2, 0.25) is 5.91 Å². The summed E-state index contributed by atoms with van der Waals surface area (Å²) in [6.45, 7) is 0.643. The lowest BCUT2D eigenvalue weighted by Gasteiger charge is -2.11. The van der Waals surface area contributed by atoms with Crippen molar-refractivity contribution in [1.29, 1.82) is 0 Å². The third-order valence-corrected chi connectivity index (χ3v) is 4.37. The normalized spacial score (nSPS) is 14.1. The van der Waals surface area contributed by atoms with Gasteiger partial charge in [0.1, 0.15) is 0 Å². The van der Waals surface area contributed by atoms with Crippen molar-refractivity contribution in [2.24, 2.45) is 0 Å². The van der Waals surface area contributed by atoms with Gasteiger partial charge >= 0.3 is 0 Å². The topological polar surface area (TPSA) is 64.4 Å². The molecule has 5 heteroatoms. The van der Waals surface area contributed by atoms with Crippen LogP contribution in [0, 0.1) is 0 Å². The molecule has 0 heterocycles. The molecular weight excluding hydrogens is 336 g/mol. The number of nitrogen functional groups attached to an aromatic ring is 1. The first-order chi connectivity index (χ1) is 11.7. The van der Waals surface area contributed by atoms with Crippen LogP contribution in [-0.4, -0.2) is 12.0 Å². The summed E-state index contributed by atoms with van der Waals surface area (Å²) in [7, 11) is 0. The van der Waals surface area contributed by atoms with E-state index >= 15 is 0 Å².